The normalized spacial score (nSPS) is 15.1. The first-order chi connectivity index (χ1) is 12.9. The molecule has 6 nitrogen and oxygen atoms in total. The van der Waals surface area contributed by atoms with Gasteiger partial charge in [0.1, 0.15) is 0 Å². The van der Waals surface area contributed by atoms with Gasteiger partial charge in [0.25, 0.3) is 0 Å². The van der Waals surface area contributed by atoms with Gasteiger partial charge < -0.3 is 20.3 Å². The SMILES string of the molecule is CCNC(=NCc1cccc(COC(C)(C)C)c1)NCC(=O)N1CCCC1. The summed E-state index contributed by atoms with van der Waals surface area (Å²) >= 11 is 0. The standard InChI is InChI=1S/C21H34N4O2/c1-5-22-20(24-15-19(26)25-11-6-7-12-25)23-14-17-9-8-10-18(13-17)16-27-21(2,3)4/h8-10,13H,5-7,11-12,14-16H2,1-4H3,(H2,22,23,24). The minimum Gasteiger partial charge on any atom is -0.371 e. The highest BCUT2D eigenvalue weighted by molar-refractivity contribution is 5.86. The third-order valence-electron chi connectivity index (χ3n) is 4.29. The number of rotatable bonds is 7. The summed E-state index contributed by atoms with van der Waals surface area (Å²) in [7, 11) is 0. The van der Waals surface area contributed by atoms with Crippen LogP contribution in [-0.4, -0.2) is 48.5 Å². The number of nitrogens with zero attached hydrogens (tertiary/aromatic N) is 2. The molecule has 1 heterocycles. The molecule has 1 aromatic carbocycles. The summed E-state index contributed by atoms with van der Waals surface area (Å²) in [4.78, 5) is 18.7. The average Bonchev–Trinajstić information content (AvgIpc) is 3.17. The number of amides is 1. The van der Waals surface area contributed by atoms with E-state index in [0.29, 0.717) is 19.1 Å². The number of guanidine groups is 1. The van der Waals surface area contributed by atoms with E-state index in [0.717, 1.165) is 43.6 Å². The van der Waals surface area contributed by atoms with E-state index in [-0.39, 0.29) is 18.1 Å². The van der Waals surface area contributed by atoms with Crippen molar-refractivity contribution >= 4 is 11.9 Å². The van der Waals surface area contributed by atoms with Crippen molar-refractivity contribution in [3.05, 3.63) is 35.4 Å². The number of ether oxygens (including phenoxy) is 1. The summed E-state index contributed by atoms with van der Waals surface area (Å²) in [6.07, 6.45) is 2.21. The molecule has 150 valence electrons. The molecular weight excluding hydrogens is 340 g/mol. The fourth-order valence-electron chi connectivity index (χ4n) is 2.87. The van der Waals surface area contributed by atoms with Crippen LogP contribution in [0.2, 0.25) is 0 Å². The van der Waals surface area contributed by atoms with Gasteiger partial charge >= 0.3 is 0 Å². The molecule has 1 aliphatic heterocycles. The molecule has 2 rings (SSSR count). The second-order valence-electron chi connectivity index (χ2n) is 7.86. The van der Waals surface area contributed by atoms with Crippen LogP contribution >= 0.6 is 0 Å². The highest BCUT2D eigenvalue weighted by Gasteiger charge is 2.17. The number of benzene rings is 1. The predicted octanol–water partition coefficient (Wildman–Crippen LogP) is 2.68. The molecule has 1 aliphatic rings. The largest absolute Gasteiger partial charge is 0.371 e. The summed E-state index contributed by atoms with van der Waals surface area (Å²) in [6, 6.07) is 8.28. The summed E-state index contributed by atoms with van der Waals surface area (Å²) < 4.78 is 5.85. The van der Waals surface area contributed by atoms with E-state index in [1.807, 2.05) is 17.9 Å². The van der Waals surface area contributed by atoms with E-state index in [1.165, 1.54) is 0 Å². The molecule has 0 saturated carbocycles. The van der Waals surface area contributed by atoms with Crippen molar-refractivity contribution in [2.24, 2.45) is 4.99 Å². The van der Waals surface area contributed by atoms with Crippen molar-refractivity contribution in [1.29, 1.82) is 0 Å². The Kier molecular flexibility index (Phi) is 8.10. The van der Waals surface area contributed by atoms with Crippen molar-refractivity contribution in [1.82, 2.24) is 15.5 Å². The zero-order valence-electron chi connectivity index (χ0n) is 17.2. The lowest BCUT2D eigenvalue weighted by molar-refractivity contribution is -0.128. The van der Waals surface area contributed by atoms with E-state index >= 15 is 0 Å². The van der Waals surface area contributed by atoms with Crippen LogP contribution in [0.5, 0.6) is 0 Å². The monoisotopic (exact) mass is 374 g/mol. The molecule has 1 aromatic rings. The maximum absolute atomic E-state index is 12.2. The van der Waals surface area contributed by atoms with Crippen LogP contribution in [0.25, 0.3) is 0 Å². The Morgan fingerprint density at radius 2 is 1.89 bits per heavy atom. The molecule has 2 N–H and O–H groups in total. The topological polar surface area (TPSA) is 66.0 Å². The Morgan fingerprint density at radius 3 is 2.56 bits per heavy atom. The minimum absolute atomic E-state index is 0.138. The Labute approximate surface area is 163 Å². The Hall–Kier alpha value is -2.08. The molecule has 0 aromatic heterocycles. The second-order valence-corrected chi connectivity index (χ2v) is 7.86. The first-order valence-electron chi connectivity index (χ1n) is 9.89. The van der Waals surface area contributed by atoms with Crippen molar-refractivity contribution in [3.63, 3.8) is 0 Å². The highest BCUT2D eigenvalue weighted by Crippen LogP contribution is 2.13. The summed E-state index contributed by atoms with van der Waals surface area (Å²) in [6.45, 7) is 12.1. The molecule has 0 atom stereocenters. The molecule has 0 aliphatic carbocycles. The van der Waals surface area contributed by atoms with Crippen LogP contribution in [0.1, 0.15) is 51.7 Å². The first-order valence-corrected chi connectivity index (χ1v) is 9.89. The van der Waals surface area contributed by atoms with Gasteiger partial charge in [0.05, 0.1) is 25.3 Å². The van der Waals surface area contributed by atoms with Crippen LogP contribution < -0.4 is 10.6 Å². The van der Waals surface area contributed by atoms with Gasteiger partial charge in [0.2, 0.25) is 5.91 Å². The molecule has 1 fully saturated rings. The lowest BCUT2D eigenvalue weighted by atomic mass is 10.1. The van der Waals surface area contributed by atoms with Crippen molar-refractivity contribution < 1.29 is 9.53 Å². The number of carbonyl (C=O) groups is 1. The summed E-state index contributed by atoms with van der Waals surface area (Å²) in [5.74, 6) is 0.806. The predicted molar refractivity (Wildman–Crippen MR) is 110 cm³/mol. The smallest absolute Gasteiger partial charge is 0.241 e. The second kappa shape index (κ2) is 10.3. The first kappa shape index (κ1) is 21.2. The lowest BCUT2D eigenvalue weighted by Crippen LogP contribution is -2.44. The zero-order valence-corrected chi connectivity index (χ0v) is 17.2. The van der Waals surface area contributed by atoms with E-state index < -0.39 is 0 Å². The van der Waals surface area contributed by atoms with Crippen molar-refractivity contribution in [3.8, 4) is 0 Å². The van der Waals surface area contributed by atoms with E-state index in [4.69, 9.17) is 4.74 Å². The fourth-order valence-corrected chi connectivity index (χ4v) is 2.87. The number of hydrogen-bond donors (Lipinski definition) is 2. The van der Waals surface area contributed by atoms with Gasteiger partial charge in [-0.3, -0.25) is 4.79 Å². The van der Waals surface area contributed by atoms with Gasteiger partial charge in [0.15, 0.2) is 5.96 Å². The maximum atomic E-state index is 12.2. The molecule has 0 unspecified atom stereocenters. The summed E-state index contributed by atoms with van der Waals surface area (Å²) in [5, 5.41) is 6.35. The van der Waals surface area contributed by atoms with Crippen LogP contribution in [0.3, 0.4) is 0 Å². The molecule has 6 heteroatoms. The van der Waals surface area contributed by atoms with Gasteiger partial charge in [0, 0.05) is 19.6 Å². The van der Waals surface area contributed by atoms with Crippen molar-refractivity contribution in [2.45, 2.75) is 59.3 Å². The van der Waals surface area contributed by atoms with Crippen LogP contribution in [-0.2, 0) is 22.7 Å². The highest BCUT2D eigenvalue weighted by atomic mass is 16.5. The molecule has 1 saturated heterocycles. The Bertz CT molecular complexity index is 631. The molecule has 1 amide bonds. The van der Waals surface area contributed by atoms with Gasteiger partial charge in [-0.05, 0) is 51.7 Å². The molecule has 27 heavy (non-hydrogen) atoms. The molecule has 0 bridgehead atoms. The van der Waals surface area contributed by atoms with Gasteiger partial charge in [-0.15, -0.1) is 0 Å². The van der Waals surface area contributed by atoms with E-state index in [9.17, 15) is 4.79 Å². The van der Waals surface area contributed by atoms with E-state index in [2.05, 4.69) is 54.6 Å². The molecule has 0 radical (unpaired) electrons. The van der Waals surface area contributed by atoms with Gasteiger partial charge in [-0.1, -0.05) is 24.3 Å². The lowest BCUT2D eigenvalue weighted by Gasteiger charge is -2.19. The molecular formula is C21H34N4O2. The van der Waals surface area contributed by atoms with Crippen molar-refractivity contribution in [2.75, 3.05) is 26.2 Å². The quantitative estimate of drug-likeness (QED) is 0.569. The zero-order chi connectivity index (χ0) is 19.7. The number of hydrogen-bond acceptors (Lipinski definition) is 3. The van der Waals surface area contributed by atoms with Crippen LogP contribution in [0.15, 0.2) is 29.3 Å². The number of likely N-dealkylation sites (tertiary alicyclic amines) is 1. The maximum Gasteiger partial charge on any atom is 0.241 e. The minimum atomic E-state index is -0.155. The van der Waals surface area contributed by atoms with E-state index in [1.54, 1.807) is 0 Å². The van der Waals surface area contributed by atoms with Crippen LogP contribution in [0.4, 0.5) is 0 Å². The van der Waals surface area contributed by atoms with Crippen LogP contribution in [0, 0.1) is 0 Å². The third-order valence-corrected chi connectivity index (χ3v) is 4.29. The van der Waals surface area contributed by atoms with Gasteiger partial charge in [-0.25, -0.2) is 4.99 Å². The fraction of sp³-hybridized carbons (Fsp3) is 0.619. The Balaban J connectivity index is 1.90. The van der Waals surface area contributed by atoms with Gasteiger partial charge in [-0.2, -0.15) is 0 Å². The Morgan fingerprint density at radius 1 is 1.19 bits per heavy atom. The number of carbonyl (C=O) groups excluding carboxylic acids is 1. The average molecular weight is 375 g/mol. The number of aliphatic imine (C=N–C) groups is 1. The third kappa shape index (κ3) is 7.99. The number of nitrogens with one attached hydrogen (secondary N) is 2. The molecule has 0 spiro atoms. The summed E-state index contributed by atoms with van der Waals surface area (Å²) in [5.41, 5.74) is 2.10.